The van der Waals surface area contributed by atoms with Crippen molar-refractivity contribution in [2.24, 2.45) is 10.8 Å². The topological polar surface area (TPSA) is 38.8 Å². The first-order valence-electron chi connectivity index (χ1n) is 8.37. The molecule has 0 unspecified atom stereocenters. The number of benzene rings is 1. The minimum absolute atomic E-state index is 0.0768. The maximum Gasteiger partial charge on any atom is 0.260 e. The predicted molar refractivity (Wildman–Crippen MR) is 89.7 cm³/mol. The van der Waals surface area contributed by atoms with Crippen LogP contribution in [0.25, 0.3) is 0 Å². The molecule has 2 bridgehead atoms. The molecule has 4 nitrogen and oxygen atoms in total. The summed E-state index contributed by atoms with van der Waals surface area (Å²) in [4.78, 5) is 14.7. The van der Waals surface area contributed by atoms with Gasteiger partial charge in [0.1, 0.15) is 0 Å². The summed E-state index contributed by atoms with van der Waals surface area (Å²) in [5, 5.41) is 0. The summed E-state index contributed by atoms with van der Waals surface area (Å²) in [5.74, 6) is 1.37. The number of ether oxygens (including phenoxy) is 2. The van der Waals surface area contributed by atoms with Gasteiger partial charge in [0.2, 0.25) is 0 Å². The molecule has 1 aromatic carbocycles. The van der Waals surface area contributed by atoms with Gasteiger partial charge in [-0.3, -0.25) is 4.79 Å². The maximum atomic E-state index is 12.7. The second-order valence-electron chi connectivity index (χ2n) is 8.17. The lowest BCUT2D eigenvalue weighted by Crippen LogP contribution is -2.40. The van der Waals surface area contributed by atoms with Crippen molar-refractivity contribution in [1.29, 1.82) is 0 Å². The van der Waals surface area contributed by atoms with Crippen molar-refractivity contribution < 1.29 is 14.3 Å². The van der Waals surface area contributed by atoms with Gasteiger partial charge in [0.15, 0.2) is 18.1 Å². The third-order valence-electron chi connectivity index (χ3n) is 5.16. The van der Waals surface area contributed by atoms with Gasteiger partial charge in [-0.25, -0.2) is 0 Å². The van der Waals surface area contributed by atoms with E-state index in [1.165, 1.54) is 6.42 Å². The van der Waals surface area contributed by atoms with Gasteiger partial charge in [0, 0.05) is 12.6 Å². The zero-order valence-electron chi connectivity index (χ0n) is 14.6. The van der Waals surface area contributed by atoms with Crippen LogP contribution in [0.2, 0.25) is 0 Å². The van der Waals surface area contributed by atoms with E-state index < -0.39 is 0 Å². The molecule has 1 heterocycles. The molecule has 4 heteroatoms. The molecule has 0 radical (unpaired) electrons. The van der Waals surface area contributed by atoms with E-state index in [0.29, 0.717) is 23.0 Å². The Morgan fingerprint density at radius 3 is 2.61 bits per heavy atom. The fourth-order valence-corrected chi connectivity index (χ4v) is 4.71. The quantitative estimate of drug-likeness (QED) is 0.853. The van der Waals surface area contributed by atoms with E-state index in [9.17, 15) is 4.79 Å². The van der Waals surface area contributed by atoms with Crippen molar-refractivity contribution in [1.82, 2.24) is 4.90 Å². The van der Waals surface area contributed by atoms with Crippen molar-refractivity contribution in [2.45, 2.75) is 46.1 Å². The van der Waals surface area contributed by atoms with Crippen molar-refractivity contribution in [3.63, 3.8) is 0 Å². The summed E-state index contributed by atoms with van der Waals surface area (Å²) in [6.07, 6.45) is 3.40. The third kappa shape index (κ3) is 3.31. The number of hydrogen-bond acceptors (Lipinski definition) is 3. The second-order valence-corrected chi connectivity index (χ2v) is 8.17. The van der Waals surface area contributed by atoms with Crippen LogP contribution in [0.5, 0.6) is 11.5 Å². The van der Waals surface area contributed by atoms with E-state index in [-0.39, 0.29) is 17.9 Å². The van der Waals surface area contributed by atoms with E-state index in [1.807, 2.05) is 29.2 Å². The van der Waals surface area contributed by atoms with Gasteiger partial charge in [-0.15, -0.1) is 0 Å². The monoisotopic (exact) mass is 317 g/mol. The fraction of sp³-hybridized carbons (Fsp3) is 0.632. The van der Waals surface area contributed by atoms with Crippen LogP contribution in [-0.4, -0.2) is 37.1 Å². The average Bonchev–Trinajstić information content (AvgIpc) is 2.74. The highest BCUT2D eigenvalue weighted by atomic mass is 16.5. The molecule has 0 spiro atoms. The van der Waals surface area contributed by atoms with Gasteiger partial charge >= 0.3 is 0 Å². The van der Waals surface area contributed by atoms with E-state index in [2.05, 4.69) is 20.8 Å². The molecule has 1 saturated carbocycles. The first-order chi connectivity index (χ1) is 10.8. The Bertz CT molecular complexity index is 598. The highest BCUT2D eigenvalue weighted by molar-refractivity contribution is 5.78. The molecule has 1 amide bonds. The number of rotatable bonds is 4. The summed E-state index contributed by atoms with van der Waals surface area (Å²) >= 11 is 0. The molecule has 1 aromatic rings. The number of amides is 1. The maximum absolute atomic E-state index is 12.7. The van der Waals surface area contributed by atoms with Crippen molar-refractivity contribution >= 4 is 5.91 Å². The van der Waals surface area contributed by atoms with E-state index >= 15 is 0 Å². The molecule has 0 N–H and O–H groups in total. The van der Waals surface area contributed by atoms with Crippen LogP contribution >= 0.6 is 0 Å². The number of hydrogen-bond donors (Lipinski definition) is 0. The van der Waals surface area contributed by atoms with Gasteiger partial charge in [-0.2, -0.15) is 0 Å². The minimum atomic E-state index is 0.0768. The summed E-state index contributed by atoms with van der Waals surface area (Å²) in [6.45, 7) is 7.88. The molecule has 126 valence electrons. The Kier molecular flexibility index (Phi) is 4.03. The molecule has 1 aliphatic heterocycles. The lowest BCUT2D eigenvalue weighted by molar-refractivity contribution is -0.134. The number of para-hydroxylation sites is 2. The largest absolute Gasteiger partial charge is 0.493 e. The molecule has 1 aliphatic carbocycles. The van der Waals surface area contributed by atoms with E-state index in [1.54, 1.807) is 7.11 Å². The van der Waals surface area contributed by atoms with Crippen LogP contribution in [0.4, 0.5) is 0 Å². The van der Waals surface area contributed by atoms with Crippen LogP contribution < -0.4 is 9.47 Å². The van der Waals surface area contributed by atoms with Gasteiger partial charge < -0.3 is 14.4 Å². The average molecular weight is 317 g/mol. The summed E-state index contributed by atoms with van der Waals surface area (Å²) in [7, 11) is 1.61. The van der Waals surface area contributed by atoms with Gasteiger partial charge in [-0.1, -0.05) is 32.9 Å². The number of methoxy groups -OCH3 is 1. The SMILES string of the molecule is COc1ccccc1OCC(=O)N1C[C@]2(C)C[C@H]1CC(C)(C)C2. The number of carbonyl (C=O) groups is 1. The summed E-state index contributed by atoms with van der Waals surface area (Å²) < 4.78 is 11.0. The highest BCUT2D eigenvalue weighted by Gasteiger charge is 2.50. The van der Waals surface area contributed by atoms with Crippen LogP contribution in [-0.2, 0) is 4.79 Å². The Balaban J connectivity index is 1.65. The lowest BCUT2D eigenvalue weighted by Gasteiger charge is -2.39. The second kappa shape index (κ2) is 5.73. The number of likely N-dealkylation sites (tertiary alicyclic amines) is 1. The van der Waals surface area contributed by atoms with E-state index in [0.717, 1.165) is 19.4 Å². The van der Waals surface area contributed by atoms with Gasteiger partial charge in [0.05, 0.1) is 7.11 Å². The van der Waals surface area contributed by atoms with Crippen LogP contribution in [0.1, 0.15) is 40.0 Å². The summed E-state index contributed by atoms with van der Waals surface area (Å²) in [5.41, 5.74) is 0.572. The first-order valence-corrected chi connectivity index (χ1v) is 8.37. The Hall–Kier alpha value is -1.71. The Morgan fingerprint density at radius 2 is 1.91 bits per heavy atom. The number of carbonyl (C=O) groups excluding carboxylic acids is 1. The molecule has 3 rings (SSSR count). The fourth-order valence-electron chi connectivity index (χ4n) is 4.71. The standard InChI is InChI=1S/C19H27NO3/c1-18(2)9-14-10-19(3,12-18)13-20(14)17(21)11-23-16-8-6-5-7-15(16)22-4/h5-8,14H,9-13H2,1-4H3/t14-,19-/m1/s1. The minimum Gasteiger partial charge on any atom is -0.493 e. The highest BCUT2D eigenvalue weighted by Crippen LogP contribution is 2.52. The van der Waals surface area contributed by atoms with Crippen molar-refractivity contribution in [2.75, 3.05) is 20.3 Å². The Labute approximate surface area is 138 Å². The zero-order chi connectivity index (χ0) is 16.7. The van der Waals surface area contributed by atoms with Gasteiger partial charge in [-0.05, 0) is 42.2 Å². The smallest absolute Gasteiger partial charge is 0.260 e. The van der Waals surface area contributed by atoms with Crippen LogP contribution in [0, 0.1) is 10.8 Å². The third-order valence-corrected chi connectivity index (χ3v) is 5.16. The van der Waals surface area contributed by atoms with Crippen LogP contribution in [0.15, 0.2) is 24.3 Å². The van der Waals surface area contributed by atoms with Crippen molar-refractivity contribution in [3.05, 3.63) is 24.3 Å². The van der Waals surface area contributed by atoms with E-state index in [4.69, 9.17) is 9.47 Å². The molecule has 23 heavy (non-hydrogen) atoms. The molecule has 2 fully saturated rings. The molecular weight excluding hydrogens is 290 g/mol. The normalized spacial score (nSPS) is 28.5. The molecule has 0 aromatic heterocycles. The van der Waals surface area contributed by atoms with Gasteiger partial charge in [0.25, 0.3) is 5.91 Å². The Morgan fingerprint density at radius 1 is 1.22 bits per heavy atom. The molecule has 2 atom stereocenters. The number of nitrogens with zero attached hydrogens (tertiary/aromatic N) is 1. The van der Waals surface area contributed by atoms with Crippen molar-refractivity contribution in [3.8, 4) is 11.5 Å². The lowest BCUT2D eigenvalue weighted by atomic mass is 9.65. The molecule has 2 aliphatic rings. The van der Waals surface area contributed by atoms with Crippen LogP contribution in [0.3, 0.4) is 0 Å². The zero-order valence-corrected chi connectivity index (χ0v) is 14.6. The predicted octanol–water partition coefficient (Wildman–Crippen LogP) is 3.50. The first kappa shape index (κ1) is 16.2. The number of fused-ring (bicyclic) bond motifs is 2. The molecule has 1 saturated heterocycles. The molecular formula is C19H27NO3. The summed E-state index contributed by atoms with van der Waals surface area (Å²) in [6, 6.07) is 7.80.